The van der Waals surface area contributed by atoms with Crippen LogP contribution in [0.5, 0.6) is 0 Å². The standard InChI is InChI=1S/C21H23N5O2S/c1-14-8-7-11-16(12-14)19-24-25-20(29-19)23-18(27)17(22-21(28)26(2)3)13-15-9-5-4-6-10-15/h4-12,17H,13H2,1-3H3,(H,22,28)(H,23,25,27). The van der Waals surface area contributed by atoms with E-state index in [-0.39, 0.29) is 11.9 Å². The van der Waals surface area contributed by atoms with E-state index in [1.165, 1.54) is 16.2 Å². The van der Waals surface area contributed by atoms with Crippen molar-refractivity contribution in [2.75, 3.05) is 19.4 Å². The maximum atomic E-state index is 12.9. The van der Waals surface area contributed by atoms with Gasteiger partial charge < -0.3 is 10.2 Å². The zero-order valence-corrected chi connectivity index (χ0v) is 17.4. The number of aromatic nitrogens is 2. The average molecular weight is 410 g/mol. The van der Waals surface area contributed by atoms with Crippen molar-refractivity contribution in [3.05, 3.63) is 65.7 Å². The van der Waals surface area contributed by atoms with Crippen molar-refractivity contribution >= 4 is 28.4 Å². The number of nitrogens with one attached hydrogen (secondary N) is 2. The van der Waals surface area contributed by atoms with E-state index >= 15 is 0 Å². The molecule has 29 heavy (non-hydrogen) atoms. The van der Waals surface area contributed by atoms with Crippen LogP contribution in [0.3, 0.4) is 0 Å². The molecule has 1 heterocycles. The molecule has 2 N–H and O–H groups in total. The highest BCUT2D eigenvalue weighted by Crippen LogP contribution is 2.27. The second-order valence-electron chi connectivity index (χ2n) is 6.86. The Labute approximate surface area is 173 Å². The predicted molar refractivity (Wildman–Crippen MR) is 115 cm³/mol. The first-order chi connectivity index (χ1) is 13.9. The number of urea groups is 1. The van der Waals surface area contributed by atoms with Gasteiger partial charge in [-0.25, -0.2) is 4.79 Å². The first-order valence-electron chi connectivity index (χ1n) is 9.15. The minimum Gasteiger partial charge on any atom is -0.331 e. The second-order valence-corrected chi connectivity index (χ2v) is 7.83. The van der Waals surface area contributed by atoms with Gasteiger partial charge in [0.1, 0.15) is 11.0 Å². The van der Waals surface area contributed by atoms with Crippen molar-refractivity contribution < 1.29 is 9.59 Å². The van der Waals surface area contributed by atoms with Gasteiger partial charge in [-0.1, -0.05) is 65.4 Å². The molecule has 8 heteroatoms. The highest BCUT2D eigenvalue weighted by molar-refractivity contribution is 7.18. The number of rotatable bonds is 6. The average Bonchev–Trinajstić information content (AvgIpc) is 3.16. The van der Waals surface area contributed by atoms with Gasteiger partial charge in [0.05, 0.1) is 0 Å². The molecule has 0 saturated heterocycles. The SMILES string of the molecule is Cc1cccc(-c2nnc(NC(=O)C(Cc3ccccc3)NC(=O)N(C)C)s2)c1. The first-order valence-corrected chi connectivity index (χ1v) is 9.97. The summed E-state index contributed by atoms with van der Waals surface area (Å²) < 4.78 is 0. The van der Waals surface area contributed by atoms with Crippen LogP contribution in [-0.4, -0.2) is 47.2 Å². The lowest BCUT2D eigenvalue weighted by Crippen LogP contribution is -2.48. The minimum absolute atomic E-state index is 0.334. The fourth-order valence-electron chi connectivity index (χ4n) is 2.70. The molecule has 1 aromatic heterocycles. The fraction of sp³-hybridized carbons (Fsp3) is 0.238. The Hall–Kier alpha value is -3.26. The molecule has 3 amide bonds. The lowest BCUT2D eigenvalue weighted by atomic mass is 10.1. The molecular weight excluding hydrogens is 386 g/mol. The summed E-state index contributed by atoms with van der Waals surface area (Å²) in [6.45, 7) is 2.01. The summed E-state index contributed by atoms with van der Waals surface area (Å²) in [5, 5.41) is 14.9. The summed E-state index contributed by atoms with van der Waals surface area (Å²) in [7, 11) is 3.26. The lowest BCUT2D eigenvalue weighted by Gasteiger charge is -2.20. The molecule has 0 saturated carbocycles. The first kappa shape index (κ1) is 20.5. The van der Waals surface area contributed by atoms with Gasteiger partial charge in [-0.05, 0) is 18.6 Å². The maximum Gasteiger partial charge on any atom is 0.317 e. The Morgan fingerprint density at radius 1 is 1.07 bits per heavy atom. The van der Waals surface area contributed by atoms with Gasteiger partial charge in [-0.15, -0.1) is 10.2 Å². The molecule has 0 aliphatic heterocycles. The number of carbonyl (C=O) groups excluding carboxylic acids is 2. The van der Waals surface area contributed by atoms with Crippen molar-refractivity contribution in [3.8, 4) is 10.6 Å². The Balaban J connectivity index is 1.74. The predicted octanol–water partition coefficient (Wildman–Crippen LogP) is 3.33. The normalized spacial score (nSPS) is 11.6. The Morgan fingerprint density at radius 3 is 2.52 bits per heavy atom. The van der Waals surface area contributed by atoms with Gasteiger partial charge in [-0.2, -0.15) is 0 Å². The monoisotopic (exact) mass is 409 g/mol. The number of benzene rings is 2. The Kier molecular flexibility index (Phi) is 6.56. The molecule has 0 aliphatic rings. The van der Waals surface area contributed by atoms with Crippen LogP contribution in [0.4, 0.5) is 9.93 Å². The summed E-state index contributed by atoms with van der Waals surface area (Å²) in [6, 6.07) is 16.4. The van der Waals surface area contributed by atoms with Crippen molar-refractivity contribution in [2.45, 2.75) is 19.4 Å². The van der Waals surface area contributed by atoms with Gasteiger partial charge in [-0.3, -0.25) is 10.1 Å². The molecule has 0 spiro atoms. The number of amides is 3. The van der Waals surface area contributed by atoms with Gasteiger partial charge in [0, 0.05) is 26.1 Å². The zero-order valence-electron chi connectivity index (χ0n) is 16.5. The van der Waals surface area contributed by atoms with Gasteiger partial charge in [0.15, 0.2) is 0 Å². The molecule has 0 bridgehead atoms. The number of anilines is 1. The lowest BCUT2D eigenvalue weighted by molar-refractivity contribution is -0.117. The van der Waals surface area contributed by atoms with Crippen molar-refractivity contribution in [2.24, 2.45) is 0 Å². The smallest absolute Gasteiger partial charge is 0.317 e. The van der Waals surface area contributed by atoms with E-state index < -0.39 is 6.04 Å². The van der Waals surface area contributed by atoms with Gasteiger partial charge in [0.25, 0.3) is 0 Å². The molecule has 0 fully saturated rings. The van der Waals surface area contributed by atoms with Gasteiger partial charge in [0.2, 0.25) is 11.0 Å². The van der Waals surface area contributed by atoms with Crippen LogP contribution in [0.15, 0.2) is 54.6 Å². The van der Waals surface area contributed by atoms with Gasteiger partial charge >= 0.3 is 6.03 Å². The maximum absolute atomic E-state index is 12.9. The van der Waals surface area contributed by atoms with E-state index in [4.69, 9.17) is 0 Å². The van der Waals surface area contributed by atoms with Crippen LogP contribution < -0.4 is 10.6 Å². The van der Waals surface area contributed by atoms with E-state index in [0.717, 1.165) is 21.7 Å². The van der Waals surface area contributed by atoms with E-state index in [9.17, 15) is 9.59 Å². The molecule has 1 unspecified atom stereocenters. The van der Waals surface area contributed by atoms with E-state index in [0.29, 0.717) is 11.6 Å². The third kappa shape index (κ3) is 5.61. The van der Waals surface area contributed by atoms with Crippen LogP contribution in [0.2, 0.25) is 0 Å². The van der Waals surface area contributed by atoms with E-state index in [1.807, 2.05) is 61.5 Å². The Bertz CT molecular complexity index is 988. The molecule has 7 nitrogen and oxygen atoms in total. The van der Waals surface area contributed by atoms with Crippen LogP contribution in [0, 0.1) is 6.92 Å². The summed E-state index contributed by atoms with van der Waals surface area (Å²) in [6.07, 6.45) is 0.371. The number of carbonyl (C=O) groups is 2. The van der Waals surface area contributed by atoms with Crippen LogP contribution >= 0.6 is 11.3 Å². The number of nitrogens with zero attached hydrogens (tertiary/aromatic N) is 3. The molecule has 150 valence electrons. The summed E-state index contributed by atoms with van der Waals surface area (Å²) in [4.78, 5) is 26.4. The third-order valence-electron chi connectivity index (χ3n) is 4.22. The van der Waals surface area contributed by atoms with Crippen molar-refractivity contribution in [1.29, 1.82) is 0 Å². The molecule has 0 radical (unpaired) electrons. The quantitative estimate of drug-likeness (QED) is 0.654. The molecule has 3 rings (SSSR count). The molecular formula is C21H23N5O2S. The number of aryl methyl sites for hydroxylation is 1. The van der Waals surface area contributed by atoms with Crippen molar-refractivity contribution in [1.82, 2.24) is 20.4 Å². The van der Waals surface area contributed by atoms with Crippen LogP contribution in [0.1, 0.15) is 11.1 Å². The molecule has 0 aliphatic carbocycles. The summed E-state index contributed by atoms with van der Waals surface area (Å²) in [5.74, 6) is -0.337. The van der Waals surface area contributed by atoms with E-state index in [2.05, 4.69) is 20.8 Å². The molecule has 3 aromatic rings. The zero-order chi connectivity index (χ0) is 20.8. The van der Waals surface area contributed by atoms with Crippen molar-refractivity contribution in [3.63, 3.8) is 0 Å². The van der Waals surface area contributed by atoms with Crippen LogP contribution in [-0.2, 0) is 11.2 Å². The van der Waals surface area contributed by atoms with Crippen LogP contribution in [0.25, 0.3) is 10.6 Å². The minimum atomic E-state index is -0.737. The molecule has 2 aromatic carbocycles. The highest BCUT2D eigenvalue weighted by Gasteiger charge is 2.23. The summed E-state index contributed by atoms with van der Waals surface area (Å²) in [5.41, 5.74) is 3.02. The summed E-state index contributed by atoms with van der Waals surface area (Å²) >= 11 is 1.29. The fourth-order valence-corrected chi connectivity index (χ4v) is 3.44. The van der Waals surface area contributed by atoms with E-state index in [1.54, 1.807) is 14.1 Å². The third-order valence-corrected chi connectivity index (χ3v) is 5.11. The number of hydrogen-bond donors (Lipinski definition) is 2. The Morgan fingerprint density at radius 2 is 1.83 bits per heavy atom. The second kappa shape index (κ2) is 9.29. The topological polar surface area (TPSA) is 87.2 Å². The molecule has 1 atom stereocenters. The number of hydrogen-bond acceptors (Lipinski definition) is 5. The highest BCUT2D eigenvalue weighted by atomic mass is 32.1. The largest absolute Gasteiger partial charge is 0.331 e.